The Bertz CT molecular complexity index is 219. The van der Waals surface area contributed by atoms with E-state index in [9.17, 15) is 0 Å². The summed E-state index contributed by atoms with van der Waals surface area (Å²) < 4.78 is 6.19. The first-order chi connectivity index (χ1) is 8.29. The van der Waals surface area contributed by atoms with E-state index < -0.39 is 0 Å². The summed E-state index contributed by atoms with van der Waals surface area (Å²) in [6.45, 7) is 6.67. The molecule has 0 aromatic carbocycles. The summed E-state index contributed by atoms with van der Waals surface area (Å²) >= 11 is 0. The molecule has 0 aromatic rings. The van der Waals surface area contributed by atoms with E-state index in [0.717, 1.165) is 25.0 Å². The predicted octanol–water partition coefficient (Wildman–Crippen LogP) is 3.36. The second-order valence-electron chi connectivity index (χ2n) is 6.10. The molecule has 2 nitrogen and oxygen atoms in total. The highest BCUT2D eigenvalue weighted by atomic mass is 16.5. The lowest BCUT2D eigenvalue weighted by molar-refractivity contribution is 0.00651. The fourth-order valence-corrected chi connectivity index (χ4v) is 3.59. The second-order valence-corrected chi connectivity index (χ2v) is 6.10. The minimum Gasteiger partial charge on any atom is -0.376 e. The summed E-state index contributed by atoms with van der Waals surface area (Å²) in [7, 11) is 0. The molecule has 2 aliphatic rings. The van der Waals surface area contributed by atoms with E-state index in [-0.39, 0.29) is 0 Å². The highest BCUT2D eigenvalue weighted by Crippen LogP contribution is 2.30. The average molecular weight is 239 g/mol. The molecule has 17 heavy (non-hydrogen) atoms. The molecular weight excluding hydrogens is 210 g/mol. The van der Waals surface area contributed by atoms with Gasteiger partial charge in [-0.2, -0.15) is 0 Å². The number of ether oxygens (including phenoxy) is 1. The van der Waals surface area contributed by atoms with Gasteiger partial charge in [0.25, 0.3) is 0 Å². The van der Waals surface area contributed by atoms with Gasteiger partial charge in [0.05, 0.1) is 6.10 Å². The van der Waals surface area contributed by atoms with E-state index in [2.05, 4.69) is 19.2 Å². The monoisotopic (exact) mass is 239 g/mol. The fourth-order valence-electron chi connectivity index (χ4n) is 3.59. The van der Waals surface area contributed by atoms with Gasteiger partial charge in [0.15, 0.2) is 0 Å². The van der Waals surface area contributed by atoms with Crippen LogP contribution in [0.2, 0.25) is 0 Å². The third kappa shape index (κ3) is 3.96. The van der Waals surface area contributed by atoms with Crippen molar-refractivity contribution in [3.05, 3.63) is 0 Å². The van der Waals surface area contributed by atoms with Crippen molar-refractivity contribution < 1.29 is 4.74 Å². The predicted molar refractivity (Wildman–Crippen MR) is 72.2 cm³/mol. The van der Waals surface area contributed by atoms with Crippen LogP contribution >= 0.6 is 0 Å². The lowest BCUT2D eigenvalue weighted by Gasteiger charge is -2.29. The highest BCUT2D eigenvalue weighted by molar-refractivity contribution is 4.84. The van der Waals surface area contributed by atoms with E-state index in [1.807, 2.05) is 0 Å². The van der Waals surface area contributed by atoms with Gasteiger partial charge in [0.2, 0.25) is 0 Å². The first-order valence-corrected chi connectivity index (χ1v) is 7.64. The summed E-state index contributed by atoms with van der Waals surface area (Å²) in [6, 6.07) is 0.626. The van der Waals surface area contributed by atoms with Crippen molar-refractivity contribution in [2.24, 2.45) is 11.8 Å². The molecule has 1 N–H and O–H groups in total. The Kier molecular flexibility index (Phi) is 5.30. The highest BCUT2D eigenvalue weighted by Gasteiger charge is 2.28. The summed E-state index contributed by atoms with van der Waals surface area (Å²) in [5.41, 5.74) is 0. The standard InChI is InChI=1S/C15H29NO/c1-3-16-14-8-5-9-15(14)17-11-13-7-4-6-12(2)10-13/h12-16H,3-11H2,1-2H3. The van der Waals surface area contributed by atoms with Gasteiger partial charge in [0.1, 0.15) is 0 Å². The molecule has 0 heterocycles. The molecule has 0 aromatic heterocycles. The fraction of sp³-hybridized carbons (Fsp3) is 1.00. The third-order valence-corrected chi connectivity index (χ3v) is 4.51. The van der Waals surface area contributed by atoms with Crippen LogP contribution in [0.4, 0.5) is 0 Å². The van der Waals surface area contributed by atoms with Crippen LogP contribution < -0.4 is 5.32 Å². The number of likely N-dealkylation sites (N-methyl/N-ethyl adjacent to an activating group) is 1. The van der Waals surface area contributed by atoms with Crippen LogP contribution in [0, 0.1) is 11.8 Å². The molecule has 2 fully saturated rings. The molecule has 0 saturated heterocycles. The molecule has 2 aliphatic carbocycles. The Hall–Kier alpha value is -0.0800. The van der Waals surface area contributed by atoms with Crippen molar-refractivity contribution in [2.75, 3.05) is 13.2 Å². The minimum absolute atomic E-state index is 0.493. The van der Waals surface area contributed by atoms with E-state index in [0.29, 0.717) is 12.1 Å². The first-order valence-electron chi connectivity index (χ1n) is 7.64. The zero-order chi connectivity index (χ0) is 12.1. The summed E-state index contributed by atoms with van der Waals surface area (Å²) in [6.07, 6.45) is 10.0. The Morgan fingerprint density at radius 3 is 2.71 bits per heavy atom. The van der Waals surface area contributed by atoms with Crippen molar-refractivity contribution in [1.29, 1.82) is 0 Å². The Morgan fingerprint density at radius 2 is 1.94 bits per heavy atom. The second kappa shape index (κ2) is 6.75. The topological polar surface area (TPSA) is 21.3 Å². The van der Waals surface area contributed by atoms with Gasteiger partial charge in [-0.1, -0.05) is 26.7 Å². The van der Waals surface area contributed by atoms with Crippen LogP contribution in [0.25, 0.3) is 0 Å². The molecule has 0 bridgehead atoms. The Balaban J connectivity index is 1.69. The smallest absolute Gasteiger partial charge is 0.0728 e. The van der Waals surface area contributed by atoms with Gasteiger partial charge < -0.3 is 10.1 Å². The van der Waals surface area contributed by atoms with Gasteiger partial charge in [-0.05, 0) is 50.5 Å². The largest absolute Gasteiger partial charge is 0.376 e. The molecule has 4 atom stereocenters. The molecule has 0 spiro atoms. The summed E-state index contributed by atoms with van der Waals surface area (Å²) in [5, 5.41) is 3.57. The molecule has 2 saturated carbocycles. The van der Waals surface area contributed by atoms with Crippen molar-refractivity contribution in [3.63, 3.8) is 0 Å². The van der Waals surface area contributed by atoms with Gasteiger partial charge in [-0.25, -0.2) is 0 Å². The molecule has 100 valence electrons. The van der Waals surface area contributed by atoms with Gasteiger partial charge in [0, 0.05) is 12.6 Å². The third-order valence-electron chi connectivity index (χ3n) is 4.51. The SMILES string of the molecule is CCNC1CCCC1OCC1CCCC(C)C1. The molecule has 4 unspecified atom stereocenters. The summed E-state index contributed by atoms with van der Waals surface area (Å²) in [5.74, 6) is 1.76. The maximum absolute atomic E-state index is 6.19. The van der Waals surface area contributed by atoms with Crippen molar-refractivity contribution >= 4 is 0 Å². The molecular formula is C15H29NO. The number of nitrogens with one attached hydrogen (secondary N) is 1. The quantitative estimate of drug-likeness (QED) is 0.794. The van der Waals surface area contributed by atoms with Gasteiger partial charge >= 0.3 is 0 Å². The van der Waals surface area contributed by atoms with Crippen LogP contribution in [0.3, 0.4) is 0 Å². The lowest BCUT2D eigenvalue weighted by Crippen LogP contribution is -2.38. The van der Waals surface area contributed by atoms with Gasteiger partial charge in [-0.3, -0.25) is 0 Å². The van der Waals surface area contributed by atoms with Crippen LogP contribution in [0.15, 0.2) is 0 Å². The van der Waals surface area contributed by atoms with E-state index >= 15 is 0 Å². The maximum atomic E-state index is 6.19. The molecule has 0 amide bonds. The van der Waals surface area contributed by atoms with Crippen molar-refractivity contribution in [2.45, 2.75) is 70.9 Å². The normalized spacial score (nSPS) is 38.5. The number of hydrogen-bond acceptors (Lipinski definition) is 2. The zero-order valence-electron chi connectivity index (χ0n) is 11.6. The Labute approximate surface area is 107 Å². The number of rotatable bonds is 5. The van der Waals surface area contributed by atoms with E-state index in [4.69, 9.17) is 4.74 Å². The first kappa shape index (κ1) is 13.4. The lowest BCUT2D eigenvalue weighted by atomic mass is 9.83. The maximum Gasteiger partial charge on any atom is 0.0728 e. The minimum atomic E-state index is 0.493. The Morgan fingerprint density at radius 1 is 1.12 bits per heavy atom. The van der Waals surface area contributed by atoms with E-state index in [1.165, 1.54) is 44.9 Å². The van der Waals surface area contributed by atoms with Crippen LogP contribution in [-0.2, 0) is 4.74 Å². The van der Waals surface area contributed by atoms with Crippen molar-refractivity contribution in [3.8, 4) is 0 Å². The van der Waals surface area contributed by atoms with Crippen LogP contribution in [0.5, 0.6) is 0 Å². The number of hydrogen-bond donors (Lipinski definition) is 1. The van der Waals surface area contributed by atoms with Gasteiger partial charge in [-0.15, -0.1) is 0 Å². The molecule has 2 heteroatoms. The van der Waals surface area contributed by atoms with Crippen LogP contribution in [-0.4, -0.2) is 25.3 Å². The molecule has 2 rings (SSSR count). The molecule has 0 aliphatic heterocycles. The molecule has 0 radical (unpaired) electrons. The van der Waals surface area contributed by atoms with E-state index in [1.54, 1.807) is 0 Å². The van der Waals surface area contributed by atoms with Crippen molar-refractivity contribution in [1.82, 2.24) is 5.32 Å². The zero-order valence-corrected chi connectivity index (χ0v) is 11.6. The summed E-state index contributed by atoms with van der Waals surface area (Å²) in [4.78, 5) is 0. The van der Waals surface area contributed by atoms with Crippen LogP contribution in [0.1, 0.15) is 58.8 Å². The average Bonchev–Trinajstić information content (AvgIpc) is 2.75.